The number of carbonyl (C=O) groups excluding carboxylic acids is 2. The van der Waals surface area contributed by atoms with Gasteiger partial charge in [0.25, 0.3) is 0 Å². The Kier molecular flexibility index (Phi) is 6.15. The van der Waals surface area contributed by atoms with Crippen LogP contribution in [0, 0.1) is 17.8 Å². The Balaban J connectivity index is 1.42. The summed E-state index contributed by atoms with van der Waals surface area (Å²) in [6.07, 6.45) is 5.57. The van der Waals surface area contributed by atoms with Gasteiger partial charge >= 0.3 is 0 Å². The maximum absolute atomic E-state index is 14.8. The van der Waals surface area contributed by atoms with Gasteiger partial charge < -0.3 is 10.2 Å². The Bertz CT molecular complexity index is 1240. The van der Waals surface area contributed by atoms with Gasteiger partial charge in [-0.25, -0.2) is 4.98 Å². The highest BCUT2D eigenvalue weighted by Gasteiger charge is 2.49. The Morgan fingerprint density at radius 2 is 1.97 bits per heavy atom. The molecule has 3 heterocycles. The molecule has 35 heavy (non-hydrogen) atoms. The van der Waals surface area contributed by atoms with Crippen LogP contribution in [0.1, 0.15) is 48.3 Å². The Hall–Kier alpha value is -3.88. The van der Waals surface area contributed by atoms with Crippen LogP contribution in [0.4, 0.5) is 4.39 Å². The quantitative estimate of drug-likeness (QED) is 0.405. The minimum absolute atomic E-state index is 0.00794. The van der Waals surface area contributed by atoms with E-state index in [1.165, 1.54) is 6.20 Å². The van der Waals surface area contributed by atoms with E-state index in [9.17, 15) is 14.0 Å². The summed E-state index contributed by atoms with van der Waals surface area (Å²) in [7, 11) is 0. The number of likely N-dealkylation sites (tertiary alicyclic amines) is 1. The predicted octanol–water partition coefficient (Wildman–Crippen LogP) is 2.92. The number of nitrogens with one attached hydrogen (secondary N) is 2. The summed E-state index contributed by atoms with van der Waals surface area (Å²) in [6, 6.07) is 11.5. The minimum atomic E-state index is -0.657. The summed E-state index contributed by atoms with van der Waals surface area (Å²) in [6.45, 7) is 4.29. The van der Waals surface area contributed by atoms with Gasteiger partial charge in [0.1, 0.15) is 6.04 Å². The SMILES string of the molecule is CC(C)c1ccc([C@@H](NC(=O)[C@@H]2[C@H]3C=C[C@H]3CN2C(=O)Cc2cn[nH]n2)c2ccccc2)nc1F. The van der Waals surface area contributed by atoms with Gasteiger partial charge in [-0.3, -0.25) is 9.59 Å². The minimum Gasteiger partial charge on any atom is -0.342 e. The van der Waals surface area contributed by atoms with Crippen molar-refractivity contribution in [2.45, 2.75) is 38.3 Å². The van der Waals surface area contributed by atoms with E-state index in [-0.39, 0.29) is 36.0 Å². The fourth-order valence-corrected chi connectivity index (χ4v) is 4.86. The fraction of sp³-hybridized carbons (Fsp3) is 0.346. The molecule has 2 aliphatic rings. The lowest BCUT2D eigenvalue weighted by Crippen LogP contribution is -2.50. The van der Waals surface area contributed by atoms with Crippen molar-refractivity contribution in [2.24, 2.45) is 11.8 Å². The van der Waals surface area contributed by atoms with Crippen LogP contribution < -0.4 is 5.32 Å². The number of rotatable bonds is 7. The van der Waals surface area contributed by atoms with Gasteiger partial charge in [0, 0.05) is 23.9 Å². The summed E-state index contributed by atoms with van der Waals surface area (Å²) in [5, 5.41) is 13.3. The van der Waals surface area contributed by atoms with Crippen LogP contribution >= 0.6 is 0 Å². The third-order valence-electron chi connectivity index (χ3n) is 6.81. The fourth-order valence-electron chi connectivity index (χ4n) is 4.86. The second-order valence-electron chi connectivity index (χ2n) is 9.38. The van der Waals surface area contributed by atoms with Crippen LogP contribution in [0.5, 0.6) is 0 Å². The molecule has 0 radical (unpaired) electrons. The van der Waals surface area contributed by atoms with Crippen molar-refractivity contribution in [1.82, 2.24) is 30.6 Å². The number of nitrogens with zero attached hydrogens (tertiary/aromatic N) is 4. The lowest BCUT2D eigenvalue weighted by Gasteiger charge is -2.30. The van der Waals surface area contributed by atoms with Crippen molar-refractivity contribution in [1.29, 1.82) is 0 Å². The molecule has 0 spiro atoms. The van der Waals surface area contributed by atoms with E-state index in [2.05, 4.69) is 25.7 Å². The maximum Gasteiger partial charge on any atom is 0.244 e. The molecule has 0 saturated carbocycles. The molecule has 2 aromatic heterocycles. The summed E-state index contributed by atoms with van der Waals surface area (Å²) >= 11 is 0. The molecule has 5 rings (SSSR count). The van der Waals surface area contributed by atoms with E-state index in [1.807, 2.05) is 56.3 Å². The lowest BCUT2D eigenvalue weighted by molar-refractivity contribution is -0.138. The zero-order chi connectivity index (χ0) is 24.5. The highest BCUT2D eigenvalue weighted by molar-refractivity contribution is 5.90. The molecule has 180 valence electrons. The monoisotopic (exact) mass is 474 g/mol. The van der Waals surface area contributed by atoms with Gasteiger partial charge in [-0.2, -0.15) is 19.8 Å². The molecule has 1 aliphatic heterocycles. The van der Waals surface area contributed by atoms with Gasteiger partial charge in [-0.15, -0.1) is 0 Å². The average molecular weight is 475 g/mol. The van der Waals surface area contributed by atoms with Crippen LogP contribution in [0.3, 0.4) is 0 Å². The van der Waals surface area contributed by atoms with Crippen molar-refractivity contribution in [3.05, 3.63) is 89.3 Å². The summed E-state index contributed by atoms with van der Waals surface area (Å²) in [5.41, 5.74) is 2.23. The first-order chi connectivity index (χ1) is 16.9. The number of aromatic amines is 1. The number of H-pyrrole nitrogens is 1. The van der Waals surface area contributed by atoms with Gasteiger partial charge in [-0.1, -0.05) is 62.4 Å². The molecule has 0 unspecified atom stereocenters. The molecule has 4 atom stereocenters. The largest absolute Gasteiger partial charge is 0.342 e. The molecule has 1 aliphatic carbocycles. The molecule has 0 bridgehead atoms. The highest BCUT2D eigenvalue weighted by atomic mass is 19.1. The molecular formula is C26H27FN6O2. The van der Waals surface area contributed by atoms with Crippen LogP contribution in [-0.2, 0) is 16.0 Å². The summed E-state index contributed by atoms with van der Waals surface area (Å²) in [4.78, 5) is 32.6. The van der Waals surface area contributed by atoms with E-state index in [0.29, 0.717) is 23.5 Å². The second kappa shape index (κ2) is 9.40. The zero-order valence-electron chi connectivity index (χ0n) is 19.6. The van der Waals surface area contributed by atoms with Crippen molar-refractivity contribution < 1.29 is 14.0 Å². The van der Waals surface area contributed by atoms with Crippen LogP contribution in [0.15, 0.2) is 60.8 Å². The first kappa shape index (κ1) is 22.9. The topological polar surface area (TPSA) is 104 Å². The van der Waals surface area contributed by atoms with Crippen LogP contribution in [0.25, 0.3) is 0 Å². The standard InChI is InChI=1S/C26H27FN6O2/c1-15(2)19-10-11-21(29-25(19)27)23(16-6-4-3-5-7-16)30-26(35)24-20-9-8-17(20)14-33(24)22(34)12-18-13-28-32-31-18/h3-11,13,15,17,20,23-24H,12,14H2,1-2H3,(H,30,35)(H,28,31,32)/t17-,20-,23-,24-/m0/s1. The Morgan fingerprint density at radius 1 is 1.17 bits per heavy atom. The average Bonchev–Trinajstić information content (AvgIpc) is 3.43. The number of hydrogen-bond donors (Lipinski definition) is 2. The number of hydrogen-bond acceptors (Lipinski definition) is 5. The number of fused-ring (bicyclic) bond motifs is 1. The molecule has 2 N–H and O–H groups in total. The molecule has 1 saturated heterocycles. The van der Waals surface area contributed by atoms with Crippen molar-refractivity contribution in [2.75, 3.05) is 6.54 Å². The molecular weight excluding hydrogens is 447 g/mol. The number of amides is 2. The number of benzene rings is 1. The maximum atomic E-state index is 14.8. The second-order valence-corrected chi connectivity index (χ2v) is 9.38. The molecule has 3 aromatic rings. The van der Waals surface area contributed by atoms with Crippen LogP contribution in [0.2, 0.25) is 0 Å². The van der Waals surface area contributed by atoms with Gasteiger partial charge in [0.2, 0.25) is 17.8 Å². The summed E-state index contributed by atoms with van der Waals surface area (Å²) < 4.78 is 14.8. The molecule has 1 aromatic carbocycles. The number of pyridine rings is 1. The molecule has 8 nitrogen and oxygen atoms in total. The van der Waals surface area contributed by atoms with Crippen LogP contribution in [-0.4, -0.2) is 49.7 Å². The first-order valence-electron chi connectivity index (χ1n) is 11.8. The zero-order valence-corrected chi connectivity index (χ0v) is 19.6. The van der Waals surface area contributed by atoms with E-state index in [0.717, 1.165) is 5.56 Å². The highest BCUT2D eigenvalue weighted by Crippen LogP contribution is 2.39. The van der Waals surface area contributed by atoms with E-state index in [1.54, 1.807) is 17.0 Å². The van der Waals surface area contributed by atoms with E-state index in [4.69, 9.17) is 0 Å². The molecule has 9 heteroatoms. The van der Waals surface area contributed by atoms with Gasteiger partial charge in [0.15, 0.2) is 0 Å². The predicted molar refractivity (Wildman–Crippen MR) is 126 cm³/mol. The van der Waals surface area contributed by atoms with Crippen molar-refractivity contribution in [3.8, 4) is 0 Å². The van der Waals surface area contributed by atoms with Gasteiger partial charge in [-0.05, 0) is 17.5 Å². The summed E-state index contributed by atoms with van der Waals surface area (Å²) in [5.74, 6) is -0.938. The van der Waals surface area contributed by atoms with E-state index >= 15 is 0 Å². The first-order valence-corrected chi connectivity index (χ1v) is 11.8. The Labute approximate surface area is 202 Å². The lowest BCUT2D eigenvalue weighted by atomic mass is 9.81. The van der Waals surface area contributed by atoms with Crippen molar-refractivity contribution in [3.63, 3.8) is 0 Å². The number of aromatic nitrogens is 4. The third kappa shape index (κ3) is 4.45. The normalized spacial score (nSPS) is 21.5. The number of carbonyl (C=O) groups is 2. The smallest absolute Gasteiger partial charge is 0.244 e. The third-order valence-corrected chi connectivity index (χ3v) is 6.81. The van der Waals surface area contributed by atoms with Gasteiger partial charge in [0.05, 0.1) is 30.0 Å². The van der Waals surface area contributed by atoms with Crippen molar-refractivity contribution >= 4 is 11.8 Å². The molecule has 2 amide bonds. The number of halogens is 1. The Morgan fingerprint density at radius 3 is 2.60 bits per heavy atom. The molecule has 1 fully saturated rings. The van der Waals surface area contributed by atoms with E-state index < -0.39 is 18.0 Å².